The molecule has 186 valence electrons. The quantitative estimate of drug-likeness (QED) is 0.349. The van der Waals surface area contributed by atoms with Crippen molar-refractivity contribution in [3.8, 4) is 22.1 Å². The number of thiazole rings is 1. The summed E-state index contributed by atoms with van der Waals surface area (Å²) in [6.07, 6.45) is 1.66. The molecule has 0 spiro atoms. The van der Waals surface area contributed by atoms with Gasteiger partial charge in [-0.3, -0.25) is 13.9 Å². The summed E-state index contributed by atoms with van der Waals surface area (Å²) in [5, 5.41) is 2.64. The molecule has 0 N–H and O–H groups in total. The van der Waals surface area contributed by atoms with Crippen molar-refractivity contribution in [1.82, 2.24) is 23.7 Å². The maximum absolute atomic E-state index is 13.5. The van der Waals surface area contributed by atoms with Gasteiger partial charge in [0, 0.05) is 24.0 Å². The lowest BCUT2D eigenvalue weighted by Gasteiger charge is -2.14. The summed E-state index contributed by atoms with van der Waals surface area (Å²) >= 11 is 1.45. The number of nitrogens with zero attached hydrogens (tertiary/aromatic N) is 5. The molecule has 3 heterocycles. The van der Waals surface area contributed by atoms with E-state index in [1.165, 1.54) is 15.9 Å². The average Bonchev–Trinajstić information content (AvgIpc) is 3.46. The Morgan fingerprint density at radius 1 is 0.971 bits per heavy atom. The Balaban J connectivity index is 1.78. The van der Waals surface area contributed by atoms with Gasteiger partial charge in [-0.25, -0.2) is 14.8 Å². The lowest BCUT2D eigenvalue weighted by molar-refractivity contribution is 0.355. The van der Waals surface area contributed by atoms with Crippen LogP contribution in [0, 0.1) is 11.8 Å². The normalized spacial score (nSPS) is 11.7. The molecule has 0 fully saturated rings. The van der Waals surface area contributed by atoms with Gasteiger partial charge in [-0.05, 0) is 30.0 Å². The van der Waals surface area contributed by atoms with E-state index in [2.05, 4.69) is 18.8 Å². The summed E-state index contributed by atoms with van der Waals surface area (Å²) in [7, 11) is 3.18. The van der Waals surface area contributed by atoms with E-state index >= 15 is 0 Å². The number of benzene rings is 1. The minimum absolute atomic E-state index is 0.0857. The fraction of sp³-hybridized carbons (Fsp3) is 0.440. The number of methoxy groups -OCH3 is 2. The summed E-state index contributed by atoms with van der Waals surface area (Å²) in [6, 6.07) is 5.59. The third-order valence-electron chi connectivity index (χ3n) is 5.60. The van der Waals surface area contributed by atoms with Crippen LogP contribution in [0.2, 0.25) is 0 Å². The molecule has 0 saturated carbocycles. The predicted molar refractivity (Wildman–Crippen MR) is 138 cm³/mol. The minimum atomic E-state index is -0.369. The molecule has 4 rings (SSSR count). The van der Waals surface area contributed by atoms with Crippen LogP contribution < -0.4 is 20.7 Å². The van der Waals surface area contributed by atoms with Gasteiger partial charge >= 0.3 is 5.69 Å². The van der Waals surface area contributed by atoms with E-state index in [0.717, 1.165) is 10.6 Å². The lowest BCUT2D eigenvalue weighted by atomic mass is 10.2. The summed E-state index contributed by atoms with van der Waals surface area (Å²) in [5.74, 6) is 1.79. The second-order valence-electron chi connectivity index (χ2n) is 9.36. The van der Waals surface area contributed by atoms with E-state index in [1.54, 1.807) is 25.1 Å². The topological polar surface area (TPSA) is 93.2 Å². The van der Waals surface area contributed by atoms with E-state index in [9.17, 15) is 9.59 Å². The van der Waals surface area contributed by atoms with Crippen LogP contribution in [0.3, 0.4) is 0 Å². The second kappa shape index (κ2) is 10.1. The molecule has 3 aromatic heterocycles. The molecule has 0 aliphatic carbocycles. The Morgan fingerprint density at radius 3 is 2.34 bits per heavy atom. The van der Waals surface area contributed by atoms with Crippen molar-refractivity contribution in [3.63, 3.8) is 0 Å². The molecule has 0 amide bonds. The van der Waals surface area contributed by atoms with Gasteiger partial charge < -0.3 is 14.0 Å². The maximum atomic E-state index is 13.5. The first-order valence-electron chi connectivity index (χ1n) is 11.6. The smallest absolute Gasteiger partial charge is 0.333 e. The fourth-order valence-corrected chi connectivity index (χ4v) is 4.89. The van der Waals surface area contributed by atoms with Gasteiger partial charge in [0.2, 0.25) is 0 Å². The number of hydrogen-bond donors (Lipinski definition) is 0. The van der Waals surface area contributed by atoms with Crippen LogP contribution in [0.4, 0.5) is 0 Å². The summed E-state index contributed by atoms with van der Waals surface area (Å²) in [6.45, 7) is 9.44. The van der Waals surface area contributed by atoms with Crippen LogP contribution in [-0.2, 0) is 19.6 Å². The van der Waals surface area contributed by atoms with Crippen molar-refractivity contribution >= 4 is 22.5 Å². The zero-order valence-electron chi connectivity index (χ0n) is 20.9. The van der Waals surface area contributed by atoms with E-state index in [0.29, 0.717) is 47.4 Å². The molecule has 0 radical (unpaired) electrons. The number of fused-ring (bicyclic) bond motifs is 1. The van der Waals surface area contributed by atoms with Crippen LogP contribution in [0.25, 0.3) is 21.7 Å². The zero-order chi connectivity index (χ0) is 25.3. The highest BCUT2D eigenvalue weighted by Gasteiger charge is 2.20. The highest BCUT2D eigenvalue weighted by Crippen LogP contribution is 2.33. The molecule has 0 aliphatic rings. The number of imidazole rings is 1. The van der Waals surface area contributed by atoms with Crippen molar-refractivity contribution in [2.45, 2.75) is 47.3 Å². The Morgan fingerprint density at radius 2 is 1.69 bits per heavy atom. The first-order valence-corrected chi connectivity index (χ1v) is 12.5. The number of ether oxygens (including phenoxy) is 2. The molecular weight excluding hydrogens is 466 g/mol. The van der Waals surface area contributed by atoms with E-state index in [4.69, 9.17) is 14.5 Å². The van der Waals surface area contributed by atoms with Gasteiger partial charge in [-0.2, -0.15) is 0 Å². The molecule has 1 aromatic carbocycles. The molecule has 35 heavy (non-hydrogen) atoms. The van der Waals surface area contributed by atoms with E-state index in [1.807, 2.05) is 42.0 Å². The van der Waals surface area contributed by atoms with Crippen molar-refractivity contribution in [3.05, 3.63) is 56.4 Å². The highest BCUT2D eigenvalue weighted by molar-refractivity contribution is 7.13. The summed E-state index contributed by atoms with van der Waals surface area (Å²) in [4.78, 5) is 36.1. The molecule has 10 heteroatoms. The van der Waals surface area contributed by atoms with Crippen LogP contribution in [0.15, 0.2) is 39.5 Å². The monoisotopic (exact) mass is 497 g/mol. The van der Waals surface area contributed by atoms with Crippen molar-refractivity contribution < 1.29 is 9.47 Å². The van der Waals surface area contributed by atoms with Crippen molar-refractivity contribution in [2.24, 2.45) is 11.8 Å². The van der Waals surface area contributed by atoms with Crippen LogP contribution in [-0.4, -0.2) is 37.9 Å². The lowest BCUT2D eigenvalue weighted by Crippen LogP contribution is -2.41. The third kappa shape index (κ3) is 4.88. The highest BCUT2D eigenvalue weighted by atomic mass is 32.1. The van der Waals surface area contributed by atoms with Crippen LogP contribution in [0.5, 0.6) is 11.5 Å². The number of hydrogen-bond acceptors (Lipinski definition) is 7. The molecule has 0 atom stereocenters. The van der Waals surface area contributed by atoms with Crippen LogP contribution in [0.1, 0.15) is 33.4 Å². The van der Waals surface area contributed by atoms with Gasteiger partial charge in [-0.15, -0.1) is 11.3 Å². The fourth-order valence-electron chi connectivity index (χ4n) is 4.08. The largest absolute Gasteiger partial charge is 0.493 e. The first-order chi connectivity index (χ1) is 16.7. The van der Waals surface area contributed by atoms with E-state index < -0.39 is 0 Å². The van der Waals surface area contributed by atoms with Gasteiger partial charge in [-0.1, -0.05) is 27.7 Å². The van der Waals surface area contributed by atoms with E-state index in [-0.39, 0.29) is 23.7 Å². The molecule has 9 nitrogen and oxygen atoms in total. The Labute approximate surface area is 207 Å². The Bertz CT molecular complexity index is 1460. The Hall–Kier alpha value is -3.40. The maximum Gasteiger partial charge on any atom is 0.333 e. The SMILES string of the molecule is COc1ccc(-c2nc(Cn3c(=O)c4c(ncn4CC(C)C)n(CC(C)C)c3=O)cs2)cc1OC. The molecule has 0 aliphatic heterocycles. The first kappa shape index (κ1) is 24.7. The van der Waals surface area contributed by atoms with Gasteiger partial charge in [0.05, 0.1) is 32.8 Å². The van der Waals surface area contributed by atoms with Crippen molar-refractivity contribution in [1.29, 1.82) is 0 Å². The van der Waals surface area contributed by atoms with Crippen LogP contribution >= 0.6 is 11.3 Å². The Kier molecular flexibility index (Phi) is 7.11. The molecule has 0 bridgehead atoms. The third-order valence-corrected chi connectivity index (χ3v) is 6.54. The van der Waals surface area contributed by atoms with Crippen molar-refractivity contribution in [2.75, 3.05) is 14.2 Å². The molecule has 0 unspecified atom stereocenters. The number of aromatic nitrogens is 5. The standard InChI is InChI=1S/C25H31N5O4S/c1-15(2)10-28-14-26-22-21(28)24(31)30(25(32)29(22)11-16(3)4)12-18-13-35-23(27-18)17-7-8-19(33-5)20(9-17)34-6/h7-9,13-16H,10-12H2,1-6H3. The summed E-state index contributed by atoms with van der Waals surface area (Å²) < 4.78 is 15.5. The minimum Gasteiger partial charge on any atom is -0.493 e. The van der Waals surface area contributed by atoms with Gasteiger partial charge in [0.25, 0.3) is 5.56 Å². The number of rotatable bonds is 9. The molecular formula is C25H31N5O4S. The molecule has 0 saturated heterocycles. The second-order valence-corrected chi connectivity index (χ2v) is 10.2. The average molecular weight is 498 g/mol. The van der Waals surface area contributed by atoms with Gasteiger partial charge in [0.15, 0.2) is 22.7 Å². The van der Waals surface area contributed by atoms with Gasteiger partial charge in [0.1, 0.15) is 5.01 Å². The molecule has 4 aromatic rings. The summed E-state index contributed by atoms with van der Waals surface area (Å²) in [5.41, 5.74) is 1.69. The predicted octanol–water partition coefficient (Wildman–Crippen LogP) is 3.86. The zero-order valence-corrected chi connectivity index (χ0v) is 21.8.